The quantitative estimate of drug-likeness (QED) is 0.749. The van der Waals surface area contributed by atoms with Crippen LogP contribution in [-0.2, 0) is 10.0 Å². The van der Waals surface area contributed by atoms with E-state index in [2.05, 4.69) is 35.9 Å². The molecule has 1 heterocycles. The van der Waals surface area contributed by atoms with E-state index in [4.69, 9.17) is 4.98 Å². The maximum absolute atomic E-state index is 11.3. The molecule has 0 atom stereocenters. The Balaban J connectivity index is 1.91. The smallest absolute Gasteiger partial charge is 0.229 e. The zero-order valence-corrected chi connectivity index (χ0v) is 15.3. The molecule has 0 bridgehead atoms. The van der Waals surface area contributed by atoms with Gasteiger partial charge < -0.3 is 0 Å². The fourth-order valence-corrected chi connectivity index (χ4v) is 3.90. The minimum atomic E-state index is -3.26. The van der Waals surface area contributed by atoms with Gasteiger partial charge in [0.2, 0.25) is 10.0 Å². The lowest BCUT2D eigenvalue weighted by atomic mass is 10.1. The summed E-state index contributed by atoms with van der Waals surface area (Å²) >= 11 is 1.66. The summed E-state index contributed by atoms with van der Waals surface area (Å²) in [5, 5.41) is 0.987. The minimum absolute atomic E-state index is 0.549. The summed E-state index contributed by atoms with van der Waals surface area (Å²) < 4.78 is 25.0. The predicted molar refractivity (Wildman–Crippen MR) is 101 cm³/mol. The van der Waals surface area contributed by atoms with E-state index >= 15 is 0 Å². The third-order valence-electron chi connectivity index (χ3n) is 3.56. The first kappa shape index (κ1) is 16.7. The van der Waals surface area contributed by atoms with Gasteiger partial charge in [0.25, 0.3) is 0 Å². The number of aryl methyl sites for hydroxylation is 2. The van der Waals surface area contributed by atoms with Gasteiger partial charge in [-0.05, 0) is 26.0 Å². The van der Waals surface area contributed by atoms with Gasteiger partial charge in [0.05, 0.1) is 11.9 Å². The molecule has 1 aromatic heterocycles. The van der Waals surface area contributed by atoms with Crippen LogP contribution in [0.1, 0.15) is 10.4 Å². The fourth-order valence-electron chi connectivity index (χ4n) is 2.39. The van der Waals surface area contributed by atoms with Crippen LogP contribution in [0.15, 0.2) is 48.5 Å². The SMILES string of the molecule is Cc1ccc(-c2nc(-c3ccc(NS(C)(=O)=O)cc3)c(C)s2)cc1. The zero-order valence-electron chi connectivity index (χ0n) is 13.7. The molecule has 0 saturated heterocycles. The number of rotatable bonds is 4. The number of nitrogens with one attached hydrogen (secondary N) is 1. The Morgan fingerprint density at radius 1 is 0.917 bits per heavy atom. The summed E-state index contributed by atoms with van der Waals surface area (Å²) in [5.74, 6) is 0. The van der Waals surface area contributed by atoms with Crippen LogP contribution in [0.3, 0.4) is 0 Å². The molecule has 24 heavy (non-hydrogen) atoms. The number of anilines is 1. The number of thiazole rings is 1. The second-order valence-corrected chi connectivity index (χ2v) is 8.69. The number of benzene rings is 2. The van der Waals surface area contributed by atoms with Crippen LogP contribution in [0.25, 0.3) is 21.8 Å². The van der Waals surface area contributed by atoms with Crippen molar-refractivity contribution in [2.24, 2.45) is 0 Å². The van der Waals surface area contributed by atoms with Gasteiger partial charge in [-0.3, -0.25) is 4.72 Å². The average molecular weight is 358 g/mol. The molecule has 0 saturated carbocycles. The summed E-state index contributed by atoms with van der Waals surface area (Å²) in [7, 11) is -3.26. The van der Waals surface area contributed by atoms with E-state index in [1.54, 1.807) is 23.5 Å². The molecule has 0 fully saturated rings. The van der Waals surface area contributed by atoms with E-state index in [1.165, 1.54) is 5.56 Å². The van der Waals surface area contributed by atoms with Gasteiger partial charge in [-0.1, -0.05) is 42.0 Å². The Morgan fingerprint density at radius 2 is 1.50 bits per heavy atom. The van der Waals surface area contributed by atoms with E-state index in [1.807, 2.05) is 19.1 Å². The van der Waals surface area contributed by atoms with Crippen molar-refractivity contribution in [3.05, 3.63) is 59.0 Å². The van der Waals surface area contributed by atoms with Gasteiger partial charge >= 0.3 is 0 Å². The van der Waals surface area contributed by atoms with Crippen LogP contribution in [0.4, 0.5) is 5.69 Å². The first-order chi connectivity index (χ1) is 11.3. The Morgan fingerprint density at radius 3 is 2.08 bits per heavy atom. The molecule has 1 N–H and O–H groups in total. The molecule has 0 aliphatic rings. The standard InChI is InChI=1S/C18H18N2O2S2/c1-12-4-6-15(7-5-12)18-19-17(13(2)23-18)14-8-10-16(11-9-14)20-24(3,21)22/h4-11,20H,1-3H3. The lowest BCUT2D eigenvalue weighted by Crippen LogP contribution is -2.09. The van der Waals surface area contributed by atoms with Gasteiger partial charge in [0.15, 0.2) is 0 Å². The monoisotopic (exact) mass is 358 g/mol. The molecule has 0 spiro atoms. The molecule has 4 nitrogen and oxygen atoms in total. The fraction of sp³-hybridized carbons (Fsp3) is 0.167. The Kier molecular flexibility index (Phi) is 4.43. The molecular formula is C18H18N2O2S2. The predicted octanol–water partition coefficient (Wildman–Crippen LogP) is 4.47. The zero-order chi connectivity index (χ0) is 17.3. The highest BCUT2D eigenvalue weighted by Crippen LogP contribution is 2.33. The van der Waals surface area contributed by atoms with Crippen LogP contribution in [0, 0.1) is 13.8 Å². The molecule has 0 aliphatic heterocycles. The second kappa shape index (κ2) is 6.37. The highest BCUT2D eigenvalue weighted by Gasteiger charge is 2.11. The van der Waals surface area contributed by atoms with Crippen molar-refractivity contribution in [3.8, 4) is 21.8 Å². The lowest BCUT2D eigenvalue weighted by Gasteiger charge is -2.05. The van der Waals surface area contributed by atoms with E-state index in [0.717, 1.165) is 33.0 Å². The Bertz CT molecular complexity index is 957. The number of aromatic nitrogens is 1. The van der Waals surface area contributed by atoms with Crippen molar-refractivity contribution in [3.63, 3.8) is 0 Å². The third kappa shape index (κ3) is 3.83. The maximum atomic E-state index is 11.3. The normalized spacial score (nSPS) is 11.5. The van der Waals surface area contributed by atoms with Gasteiger partial charge in [-0.25, -0.2) is 13.4 Å². The van der Waals surface area contributed by atoms with Crippen LogP contribution in [-0.4, -0.2) is 19.7 Å². The molecule has 6 heteroatoms. The van der Waals surface area contributed by atoms with Crippen molar-refractivity contribution < 1.29 is 8.42 Å². The molecule has 3 rings (SSSR count). The summed E-state index contributed by atoms with van der Waals surface area (Å²) in [4.78, 5) is 5.90. The molecule has 124 valence electrons. The first-order valence-corrected chi connectivity index (χ1v) is 10.2. The third-order valence-corrected chi connectivity index (χ3v) is 5.18. The van der Waals surface area contributed by atoms with E-state index < -0.39 is 10.0 Å². The van der Waals surface area contributed by atoms with Crippen molar-refractivity contribution in [1.29, 1.82) is 0 Å². The number of sulfonamides is 1. The molecule has 0 unspecified atom stereocenters. The van der Waals surface area contributed by atoms with Crippen molar-refractivity contribution in [1.82, 2.24) is 4.98 Å². The lowest BCUT2D eigenvalue weighted by molar-refractivity contribution is 0.607. The second-order valence-electron chi connectivity index (χ2n) is 5.74. The Hall–Kier alpha value is -2.18. The summed E-state index contributed by atoms with van der Waals surface area (Å²) in [6.07, 6.45) is 1.14. The molecule has 3 aromatic rings. The average Bonchev–Trinajstić information content (AvgIpc) is 2.89. The number of hydrogen-bond donors (Lipinski definition) is 1. The van der Waals surface area contributed by atoms with Gasteiger partial charge in [-0.2, -0.15) is 0 Å². The summed E-state index contributed by atoms with van der Waals surface area (Å²) in [6.45, 7) is 4.11. The molecule has 0 radical (unpaired) electrons. The molecular weight excluding hydrogens is 340 g/mol. The van der Waals surface area contributed by atoms with Crippen LogP contribution in [0.5, 0.6) is 0 Å². The summed E-state index contributed by atoms with van der Waals surface area (Å²) in [5.41, 5.74) is 4.78. The van der Waals surface area contributed by atoms with Gasteiger partial charge in [0.1, 0.15) is 5.01 Å². The molecule has 0 amide bonds. The minimum Gasteiger partial charge on any atom is -0.284 e. The highest BCUT2D eigenvalue weighted by atomic mass is 32.2. The maximum Gasteiger partial charge on any atom is 0.229 e. The van der Waals surface area contributed by atoms with Crippen LogP contribution < -0.4 is 4.72 Å². The van der Waals surface area contributed by atoms with E-state index in [-0.39, 0.29) is 0 Å². The summed E-state index contributed by atoms with van der Waals surface area (Å²) in [6, 6.07) is 15.6. The molecule has 2 aromatic carbocycles. The number of hydrogen-bond acceptors (Lipinski definition) is 4. The highest BCUT2D eigenvalue weighted by molar-refractivity contribution is 7.92. The largest absolute Gasteiger partial charge is 0.284 e. The molecule has 0 aliphatic carbocycles. The van der Waals surface area contributed by atoms with Crippen molar-refractivity contribution >= 4 is 27.0 Å². The first-order valence-electron chi connectivity index (χ1n) is 7.44. The number of nitrogens with zero attached hydrogens (tertiary/aromatic N) is 1. The van der Waals surface area contributed by atoms with Gasteiger partial charge in [-0.15, -0.1) is 11.3 Å². The van der Waals surface area contributed by atoms with Gasteiger partial charge in [0, 0.05) is 21.7 Å². The topological polar surface area (TPSA) is 59.1 Å². The van der Waals surface area contributed by atoms with Crippen LogP contribution in [0.2, 0.25) is 0 Å². The van der Waals surface area contributed by atoms with Crippen LogP contribution >= 0.6 is 11.3 Å². The van der Waals surface area contributed by atoms with E-state index in [9.17, 15) is 8.42 Å². The Labute approximate surface area is 146 Å². The van der Waals surface area contributed by atoms with Crippen molar-refractivity contribution in [2.45, 2.75) is 13.8 Å². The van der Waals surface area contributed by atoms with Crippen molar-refractivity contribution in [2.75, 3.05) is 11.0 Å². The van der Waals surface area contributed by atoms with E-state index in [0.29, 0.717) is 5.69 Å².